The number of carbonyl (C=O) groups is 1. The first-order chi connectivity index (χ1) is 10.8. The zero-order valence-electron chi connectivity index (χ0n) is 14.4. The van der Waals surface area contributed by atoms with Crippen LogP contribution in [0.25, 0.3) is 11.3 Å². The molecule has 2 N–H and O–H groups in total. The van der Waals surface area contributed by atoms with Crippen molar-refractivity contribution < 1.29 is 9.53 Å². The Balaban J connectivity index is 2.16. The summed E-state index contributed by atoms with van der Waals surface area (Å²) in [7, 11) is 0. The predicted octanol–water partition coefficient (Wildman–Crippen LogP) is 4.30. The van der Waals surface area contributed by atoms with E-state index < -0.39 is 11.7 Å². The lowest BCUT2D eigenvalue weighted by Gasteiger charge is -2.24. The second kappa shape index (κ2) is 6.86. The number of rotatable bonds is 4. The average molecular weight is 315 g/mol. The van der Waals surface area contributed by atoms with Crippen molar-refractivity contribution in [3.05, 3.63) is 42.4 Å². The molecule has 0 radical (unpaired) electrons. The smallest absolute Gasteiger partial charge is 0.408 e. The third-order valence-electron chi connectivity index (χ3n) is 3.31. The molecule has 2 rings (SSSR count). The number of H-pyrrole nitrogens is 1. The van der Waals surface area contributed by atoms with Crippen molar-refractivity contribution in [3.8, 4) is 11.3 Å². The molecule has 0 aliphatic heterocycles. The van der Waals surface area contributed by atoms with E-state index in [9.17, 15) is 4.79 Å². The Hall–Kier alpha value is -2.30. The molecular weight excluding hydrogens is 290 g/mol. The van der Waals surface area contributed by atoms with Gasteiger partial charge in [-0.25, -0.2) is 9.78 Å². The Morgan fingerprint density at radius 2 is 1.87 bits per heavy atom. The fraction of sp³-hybridized carbons (Fsp3) is 0.444. The number of carbonyl (C=O) groups excluding carboxylic acids is 1. The maximum atomic E-state index is 12.0. The van der Waals surface area contributed by atoms with E-state index in [-0.39, 0.29) is 12.0 Å². The quantitative estimate of drug-likeness (QED) is 0.884. The minimum absolute atomic E-state index is 0.178. The van der Waals surface area contributed by atoms with E-state index >= 15 is 0 Å². The van der Waals surface area contributed by atoms with E-state index in [4.69, 9.17) is 4.74 Å². The highest BCUT2D eigenvalue weighted by molar-refractivity contribution is 5.68. The molecule has 1 heterocycles. The Bertz CT molecular complexity index is 642. The topological polar surface area (TPSA) is 67.0 Å². The lowest BCUT2D eigenvalue weighted by molar-refractivity contribution is 0.0486. The maximum absolute atomic E-state index is 12.0. The zero-order chi connectivity index (χ0) is 17.0. The number of nitrogens with zero attached hydrogens (tertiary/aromatic N) is 1. The SMILES string of the molecule is CC(C)[C@@H](NC(=O)OC(C)(C)C)c1ncc(-c2ccccc2)[nH]1. The number of aromatic nitrogens is 2. The first-order valence-electron chi connectivity index (χ1n) is 7.86. The van der Waals surface area contributed by atoms with Crippen LogP contribution in [-0.2, 0) is 4.74 Å². The summed E-state index contributed by atoms with van der Waals surface area (Å²) in [5.41, 5.74) is 1.47. The van der Waals surface area contributed by atoms with E-state index in [1.54, 1.807) is 6.20 Å². The van der Waals surface area contributed by atoms with Gasteiger partial charge in [0.25, 0.3) is 0 Å². The highest BCUT2D eigenvalue weighted by Crippen LogP contribution is 2.23. The van der Waals surface area contributed by atoms with Crippen LogP contribution in [0.5, 0.6) is 0 Å². The summed E-state index contributed by atoms with van der Waals surface area (Å²) in [5, 5.41) is 2.90. The molecule has 1 aromatic heterocycles. The fourth-order valence-electron chi connectivity index (χ4n) is 2.24. The number of alkyl carbamates (subject to hydrolysis) is 1. The van der Waals surface area contributed by atoms with Gasteiger partial charge in [-0.2, -0.15) is 0 Å². The van der Waals surface area contributed by atoms with Crippen LogP contribution in [0.3, 0.4) is 0 Å². The lowest BCUT2D eigenvalue weighted by Crippen LogP contribution is -2.37. The van der Waals surface area contributed by atoms with Crippen LogP contribution < -0.4 is 5.32 Å². The number of hydrogen-bond donors (Lipinski definition) is 2. The molecule has 1 aromatic carbocycles. The van der Waals surface area contributed by atoms with Crippen molar-refractivity contribution in [2.45, 2.75) is 46.3 Å². The maximum Gasteiger partial charge on any atom is 0.408 e. The number of benzene rings is 1. The van der Waals surface area contributed by atoms with Crippen molar-refractivity contribution >= 4 is 6.09 Å². The summed E-state index contributed by atoms with van der Waals surface area (Å²) in [5.74, 6) is 0.905. The Morgan fingerprint density at radius 1 is 1.22 bits per heavy atom. The van der Waals surface area contributed by atoms with E-state index in [0.717, 1.165) is 17.1 Å². The van der Waals surface area contributed by atoms with Gasteiger partial charge in [-0.05, 0) is 32.3 Å². The van der Waals surface area contributed by atoms with E-state index in [1.165, 1.54) is 0 Å². The molecule has 0 saturated carbocycles. The minimum atomic E-state index is -0.524. The predicted molar refractivity (Wildman–Crippen MR) is 91.0 cm³/mol. The minimum Gasteiger partial charge on any atom is -0.444 e. The molecule has 124 valence electrons. The molecule has 1 amide bonds. The molecule has 0 bridgehead atoms. The normalized spacial score (nSPS) is 13.0. The number of amides is 1. The van der Waals surface area contributed by atoms with Gasteiger partial charge in [0.2, 0.25) is 0 Å². The van der Waals surface area contributed by atoms with Crippen LogP contribution in [0.1, 0.15) is 46.5 Å². The standard InChI is InChI=1S/C18H25N3O2/c1-12(2)15(21-17(22)23-18(3,4)5)16-19-11-14(20-16)13-9-7-6-8-10-13/h6-12,15H,1-5H3,(H,19,20)(H,21,22)/t15-/m1/s1. The third-order valence-corrected chi connectivity index (χ3v) is 3.31. The molecule has 0 aliphatic rings. The monoisotopic (exact) mass is 315 g/mol. The van der Waals surface area contributed by atoms with Crippen molar-refractivity contribution in [1.29, 1.82) is 0 Å². The summed E-state index contributed by atoms with van der Waals surface area (Å²) < 4.78 is 5.34. The molecule has 23 heavy (non-hydrogen) atoms. The van der Waals surface area contributed by atoms with Gasteiger partial charge in [-0.15, -0.1) is 0 Å². The number of hydrogen-bond acceptors (Lipinski definition) is 3. The van der Waals surface area contributed by atoms with E-state index in [2.05, 4.69) is 15.3 Å². The van der Waals surface area contributed by atoms with Crippen molar-refractivity contribution in [3.63, 3.8) is 0 Å². The van der Waals surface area contributed by atoms with Crippen LogP contribution >= 0.6 is 0 Å². The van der Waals surface area contributed by atoms with Crippen LogP contribution in [0, 0.1) is 5.92 Å². The van der Waals surface area contributed by atoms with Crippen molar-refractivity contribution in [2.24, 2.45) is 5.92 Å². The van der Waals surface area contributed by atoms with E-state index in [1.807, 2.05) is 65.0 Å². The number of aromatic amines is 1. The first-order valence-corrected chi connectivity index (χ1v) is 7.86. The van der Waals surface area contributed by atoms with Gasteiger partial charge >= 0.3 is 6.09 Å². The van der Waals surface area contributed by atoms with Crippen LogP contribution in [0.15, 0.2) is 36.5 Å². The number of imidazole rings is 1. The van der Waals surface area contributed by atoms with Crippen molar-refractivity contribution in [2.75, 3.05) is 0 Å². The molecule has 5 heteroatoms. The summed E-state index contributed by atoms with van der Waals surface area (Å²) >= 11 is 0. The van der Waals surface area contributed by atoms with Crippen molar-refractivity contribution in [1.82, 2.24) is 15.3 Å². The van der Waals surface area contributed by atoms with Gasteiger partial charge in [0, 0.05) is 0 Å². The summed E-state index contributed by atoms with van der Waals surface area (Å²) in [6.45, 7) is 9.60. The van der Waals surface area contributed by atoms with Gasteiger partial charge in [-0.1, -0.05) is 44.2 Å². The van der Waals surface area contributed by atoms with Gasteiger partial charge in [-0.3, -0.25) is 0 Å². The highest BCUT2D eigenvalue weighted by atomic mass is 16.6. The summed E-state index contributed by atoms with van der Waals surface area (Å²) in [6, 6.07) is 9.74. The highest BCUT2D eigenvalue weighted by Gasteiger charge is 2.24. The first kappa shape index (κ1) is 17.1. The number of ether oxygens (including phenoxy) is 1. The summed E-state index contributed by atoms with van der Waals surface area (Å²) in [6.07, 6.45) is 1.35. The molecule has 2 aromatic rings. The number of nitrogens with one attached hydrogen (secondary N) is 2. The Morgan fingerprint density at radius 3 is 2.43 bits per heavy atom. The van der Waals surface area contributed by atoms with Crippen LogP contribution in [0.4, 0.5) is 4.79 Å². The molecular formula is C18H25N3O2. The van der Waals surface area contributed by atoms with Gasteiger partial charge in [0.15, 0.2) is 0 Å². The molecule has 0 fully saturated rings. The van der Waals surface area contributed by atoms with Gasteiger partial charge in [0.1, 0.15) is 11.4 Å². The van der Waals surface area contributed by atoms with E-state index in [0.29, 0.717) is 0 Å². The second-order valence-corrected chi connectivity index (χ2v) is 6.92. The van der Waals surface area contributed by atoms with Gasteiger partial charge in [0.05, 0.1) is 17.9 Å². The van der Waals surface area contributed by atoms with Gasteiger partial charge < -0.3 is 15.0 Å². The molecule has 1 atom stereocenters. The van der Waals surface area contributed by atoms with Crippen LogP contribution in [0.2, 0.25) is 0 Å². The average Bonchev–Trinajstić information content (AvgIpc) is 2.93. The third kappa shape index (κ3) is 4.84. The molecule has 0 aliphatic carbocycles. The molecule has 0 spiro atoms. The largest absolute Gasteiger partial charge is 0.444 e. The molecule has 0 unspecified atom stereocenters. The van der Waals surface area contributed by atoms with Crippen LogP contribution in [-0.4, -0.2) is 21.7 Å². The molecule has 0 saturated heterocycles. The Labute approximate surface area is 137 Å². The fourth-order valence-corrected chi connectivity index (χ4v) is 2.24. The second-order valence-electron chi connectivity index (χ2n) is 6.92. The Kier molecular flexibility index (Phi) is 5.08. The lowest BCUT2D eigenvalue weighted by atomic mass is 10.0. The zero-order valence-corrected chi connectivity index (χ0v) is 14.4. The molecule has 5 nitrogen and oxygen atoms in total. The summed E-state index contributed by atoms with van der Waals surface area (Å²) in [4.78, 5) is 19.8.